The van der Waals surface area contributed by atoms with Crippen LogP contribution < -0.4 is 5.32 Å². The first-order chi connectivity index (χ1) is 6.61. The molecule has 0 heterocycles. The molecule has 0 rings (SSSR count). The van der Waals surface area contributed by atoms with Gasteiger partial charge in [-0.2, -0.15) is 0 Å². The summed E-state index contributed by atoms with van der Waals surface area (Å²) in [4.78, 5) is 13.0. The fourth-order valence-electron chi connectivity index (χ4n) is 0.956. The van der Waals surface area contributed by atoms with Crippen molar-refractivity contribution in [2.24, 2.45) is 5.92 Å². The van der Waals surface area contributed by atoms with Gasteiger partial charge in [0, 0.05) is 19.6 Å². The zero-order valence-corrected chi connectivity index (χ0v) is 8.99. The molecular formula is C10H20N2O2. The predicted molar refractivity (Wildman–Crippen MR) is 57.1 cm³/mol. The summed E-state index contributed by atoms with van der Waals surface area (Å²) in [6, 6.07) is -0.146. The molecule has 0 aromatic carbocycles. The van der Waals surface area contributed by atoms with E-state index >= 15 is 0 Å². The van der Waals surface area contributed by atoms with Crippen LogP contribution in [0.2, 0.25) is 0 Å². The summed E-state index contributed by atoms with van der Waals surface area (Å²) < 4.78 is 0. The van der Waals surface area contributed by atoms with Crippen molar-refractivity contribution in [3.05, 3.63) is 12.7 Å². The fraction of sp³-hybridized carbons (Fsp3) is 0.700. The minimum atomic E-state index is -0.146. The highest BCUT2D eigenvalue weighted by atomic mass is 16.3. The maximum Gasteiger partial charge on any atom is 0.317 e. The maximum absolute atomic E-state index is 11.5. The van der Waals surface area contributed by atoms with Gasteiger partial charge in [0.2, 0.25) is 0 Å². The van der Waals surface area contributed by atoms with E-state index in [4.69, 9.17) is 5.11 Å². The first-order valence-electron chi connectivity index (χ1n) is 4.86. The molecule has 14 heavy (non-hydrogen) atoms. The number of urea groups is 1. The quantitative estimate of drug-likeness (QED) is 0.624. The first-order valence-corrected chi connectivity index (χ1v) is 4.86. The van der Waals surface area contributed by atoms with Gasteiger partial charge in [-0.05, 0) is 5.92 Å². The molecule has 2 amide bonds. The zero-order valence-electron chi connectivity index (χ0n) is 8.99. The molecule has 0 atom stereocenters. The van der Waals surface area contributed by atoms with Crippen molar-refractivity contribution in [1.82, 2.24) is 10.2 Å². The van der Waals surface area contributed by atoms with Gasteiger partial charge in [0.05, 0.1) is 6.61 Å². The SMILES string of the molecule is C=CCN(CCO)C(=O)NCC(C)C. The van der Waals surface area contributed by atoms with Crippen LogP contribution in [0.4, 0.5) is 4.79 Å². The number of aliphatic hydroxyl groups excluding tert-OH is 1. The third-order valence-electron chi connectivity index (χ3n) is 1.67. The minimum Gasteiger partial charge on any atom is -0.395 e. The number of nitrogens with zero attached hydrogens (tertiary/aromatic N) is 1. The third-order valence-corrected chi connectivity index (χ3v) is 1.67. The molecule has 0 spiro atoms. The van der Waals surface area contributed by atoms with Crippen LogP contribution in [0.3, 0.4) is 0 Å². The van der Waals surface area contributed by atoms with Crippen LogP contribution in [-0.4, -0.2) is 42.3 Å². The predicted octanol–water partition coefficient (Wildman–Crippen LogP) is 0.832. The summed E-state index contributed by atoms with van der Waals surface area (Å²) in [7, 11) is 0. The van der Waals surface area contributed by atoms with Gasteiger partial charge < -0.3 is 15.3 Å². The van der Waals surface area contributed by atoms with Crippen molar-refractivity contribution in [3.63, 3.8) is 0 Å². The van der Waals surface area contributed by atoms with Crippen LogP contribution in [-0.2, 0) is 0 Å². The first kappa shape index (κ1) is 13.0. The van der Waals surface area contributed by atoms with Gasteiger partial charge in [0.25, 0.3) is 0 Å². The van der Waals surface area contributed by atoms with Crippen LogP contribution >= 0.6 is 0 Å². The maximum atomic E-state index is 11.5. The molecule has 0 aliphatic carbocycles. The Bertz CT molecular complexity index is 181. The standard InChI is InChI=1S/C10H20N2O2/c1-4-5-12(6-7-13)10(14)11-8-9(2)3/h4,9,13H,1,5-8H2,2-3H3,(H,11,14). The Morgan fingerprint density at radius 1 is 1.64 bits per heavy atom. The van der Waals surface area contributed by atoms with Gasteiger partial charge in [0.1, 0.15) is 0 Å². The van der Waals surface area contributed by atoms with Gasteiger partial charge in [-0.25, -0.2) is 4.79 Å². The Hall–Kier alpha value is -1.03. The Morgan fingerprint density at radius 2 is 2.29 bits per heavy atom. The summed E-state index contributed by atoms with van der Waals surface area (Å²) in [5, 5.41) is 11.5. The Kier molecular flexibility index (Phi) is 6.84. The summed E-state index contributed by atoms with van der Waals surface area (Å²) >= 11 is 0. The number of hydrogen-bond donors (Lipinski definition) is 2. The molecule has 0 aliphatic heterocycles. The van der Waals surface area contributed by atoms with Crippen LogP contribution in [0.5, 0.6) is 0 Å². The summed E-state index contributed by atoms with van der Waals surface area (Å²) in [6.07, 6.45) is 1.64. The highest BCUT2D eigenvalue weighted by Crippen LogP contribution is 1.92. The van der Waals surface area contributed by atoms with E-state index < -0.39 is 0 Å². The molecule has 2 N–H and O–H groups in total. The van der Waals surface area contributed by atoms with Crippen molar-refractivity contribution in [1.29, 1.82) is 0 Å². The van der Waals surface area contributed by atoms with E-state index in [2.05, 4.69) is 11.9 Å². The lowest BCUT2D eigenvalue weighted by atomic mass is 10.2. The van der Waals surface area contributed by atoms with Crippen molar-refractivity contribution in [2.75, 3.05) is 26.2 Å². The molecule has 0 saturated carbocycles. The largest absolute Gasteiger partial charge is 0.395 e. The lowest BCUT2D eigenvalue weighted by Crippen LogP contribution is -2.42. The second-order valence-corrected chi connectivity index (χ2v) is 3.54. The van der Waals surface area contributed by atoms with E-state index in [1.54, 1.807) is 6.08 Å². The molecule has 0 aliphatic rings. The number of rotatable bonds is 6. The Labute approximate surface area is 85.6 Å². The number of hydrogen-bond acceptors (Lipinski definition) is 2. The average Bonchev–Trinajstić information content (AvgIpc) is 2.14. The Morgan fingerprint density at radius 3 is 2.71 bits per heavy atom. The van der Waals surface area contributed by atoms with Crippen molar-refractivity contribution >= 4 is 6.03 Å². The van der Waals surface area contributed by atoms with Gasteiger partial charge in [-0.1, -0.05) is 19.9 Å². The number of nitrogens with one attached hydrogen (secondary N) is 1. The van der Waals surface area contributed by atoms with Crippen molar-refractivity contribution in [3.8, 4) is 0 Å². The highest BCUT2D eigenvalue weighted by molar-refractivity contribution is 5.74. The highest BCUT2D eigenvalue weighted by Gasteiger charge is 2.10. The number of amides is 2. The summed E-state index contributed by atoms with van der Waals surface area (Å²) in [5.41, 5.74) is 0. The van der Waals surface area contributed by atoms with Crippen molar-refractivity contribution < 1.29 is 9.90 Å². The van der Waals surface area contributed by atoms with E-state index in [-0.39, 0.29) is 12.6 Å². The summed E-state index contributed by atoms with van der Waals surface area (Å²) in [6.45, 7) is 9.05. The molecular weight excluding hydrogens is 180 g/mol. The van der Waals surface area contributed by atoms with E-state index in [9.17, 15) is 4.79 Å². The summed E-state index contributed by atoms with van der Waals surface area (Å²) in [5.74, 6) is 0.429. The lowest BCUT2D eigenvalue weighted by molar-refractivity contribution is 0.183. The molecule has 0 unspecified atom stereocenters. The third kappa shape index (κ3) is 5.59. The molecule has 0 fully saturated rings. The van der Waals surface area contributed by atoms with Crippen LogP contribution in [0.1, 0.15) is 13.8 Å². The van der Waals surface area contributed by atoms with E-state index in [0.717, 1.165) is 0 Å². The normalized spacial score (nSPS) is 10.0. The lowest BCUT2D eigenvalue weighted by Gasteiger charge is -2.21. The molecule has 0 aromatic heterocycles. The smallest absolute Gasteiger partial charge is 0.317 e. The number of carbonyl (C=O) groups is 1. The van der Waals surface area contributed by atoms with E-state index in [0.29, 0.717) is 25.6 Å². The van der Waals surface area contributed by atoms with Crippen LogP contribution in [0.25, 0.3) is 0 Å². The van der Waals surface area contributed by atoms with Crippen LogP contribution in [0.15, 0.2) is 12.7 Å². The second kappa shape index (κ2) is 7.38. The molecule has 0 aromatic rings. The van der Waals surface area contributed by atoms with Gasteiger partial charge in [-0.3, -0.25) is 0 Å². The second-order valence-electron chi connectivity index (χ2n) is 3.54. The number of aliphatic hydroxyl groups is 1. The topological polar surface area (TPSA) is 52.6 Å². The van der Waals surface area contributed by atoms with Gasteiger partial charge >= 0.3 is 6.03 Å². The molecule has 4 nitrogen and oxygen atoms in total. The Balaban J connectivity index is 3.94. The van der Waals surface area contributed by atoms with Gasteiger partial charge in [-0.15, -0.1) is 6.58 Å². The van der Waals surface area contributed by atoms with E-state index in [1.807, 2.05) is 13.8 Å². The van der Waals surface area contributed by atoms with Crippen LogP contribution in [0, 0.1) is 5.92 Å². The minimum absolute atomic E-state index is 0.0249. The molecule has 0 bridgehead atoms. The average molecular weight is 200 g/mol. The monoisotopic (exact) mass is 200 g/mol. The molecule has 4 heteroatoms. The molecule has 0 radical (unpaired) electrons. The van der Waals surface area contributed by atoms with E-state index in [1.165, 1.54) is 4.90 Å². The zero-order chi connectivity index (χ0) is 11.0. The van der Waals surface area contributed by atoms with Gasteiger partial charge in [0.15, 0.2) is 0 Å². The molecule has 0 saturated heterocycles. The fourth-order valence-corrected chi connectivity index (χ4v) is 0.956. The number of carbonyl (C=O) groups excluding carboxylic acids is 1. The van der Waals surface area contributed by atoms with Crippen molar-refractivity contribution in [2.45, 2.75) is 13.8 Å². The molecule has 82 valence electrons.